The smallest absolute Gasteiger partial charge is 0.279 e. The van der Waals surface area contributed by atoms with Gasteiger partial charge >= 0.3 is 0 Å². The zero-order valence-corrected chi connectivity index (χ0v) is 11.2. The second kappa shape index (κ2) is 5.22. The van der Waals surface area contributed by atoms with E-state index in [9.17, 15) is 8.42 Å². The van der Waals surface area contributed by atoms with E-state index >= 15 is 0 Å². The first-order valence-electron chi connectivity index (χ1n) is 6.46. The second-order valence-corrected chi connectivity index (χ2v) is 7.27. The molecule has 0 radical (unpaired) electrons. The summed E-state index contributed by atoms with van der Waals surface area (Å²) in [4.78, 5) is 0. The van der Waals surface area contributed by atoms with Crippen molar-refractivity contribution in [1.82, 2.24) is 9.03 Å². The van der Waals surface area contributed by atoms with Gasteiger partial charge in [0.25, 0.3) is 10.2 Å². The molecule has 0 saturated heterocycles. The van der Waals surface area contributed by atoms with Gasteiger partial charge in [0, 0.05) is 25.7 Å². The standard InChI is InChI=1S/C11H23N3O2S/c1-14(8-9-2-3-9)17(15,16)13-11-6-4-10(12)5-7-11/h9-11,13H,2-8,12H2,1H3. The van der Waals surface area contributed by atoms with Gasteiger partial charge in [0.1, 0.15) is 0 Å². The predicted molar refractivity (Wildman–Crippen MR) is 67.6 cm³/mol. The molecule has 6 heteroatoms. The number of nitrogens with two attached hydrogens (primary N) is 1. The lowest BCUT2D eigenvalue weighted by molar-refractivity contribution is 0.360. The van der Waals surface area contributed by atoms with Crippen LogP contribution in [-0.4, -0.2) is 38.4 Å². The van der Waals surface area contributed by atoms with Gasteiger partial charge in [-0.1, -0.05) is 0 Å². The molecule has 5 nitrogen and oxygen atoms in total. The maximum Gasteiger partial charge on any atom is 0.279 e. The summed E-state index contributed by atoms with van der Waals surface area (Å²) in [6.45, 7) is 0.654. The Hall–Kier alpha value is -0.170. The average Bonchev–Trinajstić information content (AvgIpc) is 3.05. The number of hydrogen-bond donors (Lipinski definition) is 2. The molecule has 0 spiro atoms. The van der Waals surface area contributed by atoms with Crippen molar-refractivity contribution in [3.05, 3.63) is 0 Å². The fourth-order valence-corrected chi connectivity index (χ4v) is 3.54. The minimum absolute atomic E-state index is 0.0708. The lowest BCUT2D eigenvalue weighted by Gasteiger charge is -2.28. The summed E-state index contributed by atoms with van der Waals surface area (Å²) in [5.74, 6) is 0.580. The lowest BCUT2D eigenvalue weighted by atomic mass is 9.93. The Bertz CT molecular complexity index is 346. The molecule has 0 atom stereocenters. The molecule has 2 fully saturated rings. The van der Waals surface area contributed by atoms with Crippen molar-refractivity contribution >= 4 is 10.2 Å². The van der Waals surface area contributed by atoms with E-state index in [2.05, 4.69) is 4.72 Å². The van der Waals surface area contributed by atoms with Gasteiger partial charge in [-0.25, -0.2) is 0 Å². The van der Waals surface area contributed by atoms with E-state index in [1.54, 1.807) is 7.05 Å². The molecule has 2 aliphatic carbocycles. The van der Waals surface area contributed by atoms with Crippen molar-refractivity contribution in [2.24, 2.45) is 11.7 Å². The van der Waals surface area contributed by atoms with Crippen LogP contribution in [-0.2, 0) is 10.2 Å². The molecule has 0 heterocycles. The third-order valence-electron chi connectivity index (χ3n) is 3.71. The number of rotatable bonds is 5. The summed E-state index contributed by atoms with van der Waals surface area (Å²) in [6.07, 6.45) is 5.88. The van der Waals surface area contributed by atoms with Crippen molar-refractivity contribution in [1.29, 1.82) is 0 Å². The minimum atomic E-state index is -3.29. The minimum Gasteiger partial charge on any atom is -0.328 e. The van der Waals surface area contributed by atoms with Crippen molar-refractivity contribution in [2.75, 3.05) is 13.6 Å². The first-order valence-corrected chi connectivity index (χ1v) is 7.90. The highest BCUT2D eigenvalue weighted by atomic mass is 32.2. The zero-order valence-electron chi connectivity index (χ0n) is 10.4. The Labute approximate surface area is 104 Å². The molecule has 2 saturated carbocycles. The molecule has 100 valence electrons. The summed E-state index contributed by atoms with van der Waals surface area (Å²) >= 11 is 0. The maximum absolute atomic E-state index is 12.0. The Morgan fingerprint density at radius 3 is 2.29 bits per heavy atom. The molecule has 2 rings (SSSR count). The molecule has 0 amide bonds. The van der Waals surface area contributed by atoms with Crippen LogP contribution in [0.2, 0.25) is 0 Å². The molecule has 0 unspecified atom stereocenters. The van der Waals surface area contributed by atoms with Crippen molar-refractivity contribution in [2.45, 2.75) is 50.6 Å². The summed E-state index contributed by atoms with van der Waals surface area (Å²) < 4.78 is 28.3. The molecular weight excluding hydrogens is 238 g/mol. The highest BCUT2D eigenvalue weighted by Gasteiger charge is 2.30. The molecule has 0 aromatic heterocycles. The van der Waals surface area contributed by atoms with Crippen LogP contribution >= 0.6 is 0 Å². The topological polar surface area (TPSA) is 75.4 Å². The Kier molecular flexibility index (Phi) is 4.07. The molecule has 17 heavy (non-hydrogen) atoms. The van der Waals surface area contributed by atoms with Gasteiger partial charge in [-0.15, -0.1) is 0 Å². The number of hydrogen-bond acceptors (Lipinski definition) is 3. The van der Waals surface area contributed by atoms with Gasteiger partial charge in [-0.2, -0.15) is 17.4 Å². The second-order valence-electron chi connectivity index (χ2n) is 5.46. The van der Waals surface area contributed by atoms with Gasteiger partial charge < -0.3 is 5.73 Å². The van der Waals surface area contributed by atoms with Gasteiger partial charge in [0.05, 0.1) is 0 Å². The Morgan fingerprint density at radius 2 is 1.76 bits per heavy atom. The van der Waals surface area contributed by atoms with Crippen molar-refractivity contribution in [3.8, 4) is 0 Å². The number of nitrogens with zero attached hydrogens (tertiary/aromatic N) is 1. The lowest BCUT2D eigenvalue weighted by Crippen LogP contribution is -2.46. The van der Waals surface area contributed by atoms with Crippen LogP contribution in [0.15, 0.2) is 0 Å². The summed E-state index contributed by atoms with van der Waals surface area (Å²) in [5, 5.41) is 0. The van der Waals surface area contributed by atoms with Gasteiger partial charge in [0.2, 0.25) is 0 Å². The van der Waals surface area contributed by atoms with Gasteiger partial charge in [-0.3, -0.25) is 0 Å². The van der Waals surface area contributed by atoms with Gasteiger partial charge in [0.15, 0.2) is 0 Å². The van der Waals surface area contributed by atoms with Crippen LogP contribution in [0.3, 0.4) is 0 Å². The molecule has 0 aliphatic heterocycles. The maximum atomic E-state index is 12.0. The third-order valence-corrected chi connectivity index (χ3v) is 5.31. The largest absolute Gasteiger partial charge is 0.328 e. The monoisotopic (exact) mass is 261 g/mol. The third kappa shape index (κ3) is 3.91. The van der Waals surface area contributed by atoms with Gasteiger partial charge in [-0.05, 0) is 44.4 Å². The van der Waals surface area contributed by atoms with E-state index in [4.69, 9.17) is 5.73 Å². The molecular formula is C11H23N3O2S. The highest BCUT2D eigenvalue weighted by Crippen LogP contribution is 2.30. The SMILES string of the molecule is CN(CC1CC1)S(=O)(=O)NC1CCC(N)CC1. The normalized spacial score (nSPS) is 30.8. The van der Waals surface area contributed by atoms with Crippen LogP contribution in [0.1, 0.15) is 38.5 Å². The van der Waals surface area contributed by atoms with E-state index < -0.39 is 10.2 Å². The van der Waals surface area contributed by atoms with Crippen LogP contribution in [0.25, 0.3) is 0 Å². The van der Waals surface area contributed by atoms with E-state index in [1.165, 1.54) is 4.31 Å². The molecule has 3 N–H and O–H groups in total. The predicted octanol–water partition coefficient (Wildman–Crippen LogP) is 0.433. The average molecular weight is 261 g/mol. The first kappa shape index (κ1) is 13.3. The first-order chi connectivity index (χ1) is 7.97. The fourth-order valence-electron chi connectivity index (χ4n) is 2.30. The summed E-state index contributed by atoms with van der Waals surface area (Å²) in [6, 6.07) is 0.321. The molecule has 0 bridgehead atoms. The zero-order chi connectivity index (χ0) is 12.5. The molecule has 2 aliphatic rings. The number of nitrogens with one attached hydrogen (secondary N) is 1. The van der Waals surface area contributed by atoms with Crippen molar-refractivity contribution in [3.63, 3.8) is 0 Å². The van der Waals surface area contributed by atoms with Crippen molar-refractivity contribution < 1.29 is 8.42 Å². The summed E-state index contributed by atoms with van der Waals surface area (Å²) in [7, 11) is -1.63. The van der Waals surface area contributed by atoms with E-state index in [-0.39, 0.29) is 12.1 Å². The fraction of sp³-hybridized carbons (Fsp3) is 1.00. The highest BCUT2D eigenvalue weighted by molar-refractivity contribution is 7.87. The quantitative estimate of drug-likeness (QED) is 0.753. The van der Waals surface area contributed by atoms with Crippen LogP contribution < -0.4 is 10.5 Å². The van der Waals surface area contributed by atoms with Crippen LogP contribution in [0, 0.1) is 5.92 Å². The summed E-state index contributed by atoms with van der Waals surface area (Å²) in [5.41, 5.74) is 5.81. The Balaban J connectivity index is 1.83. The molecule has 0 aromatic rings. The van der Waals surface area contributed by atoms with E-state index in [1.807, 2.05) is 0 Å². The van der Waals surface area contributed by atoms with Crippen LogP contribution in [0.4, 0.5) is 0 Å². The Morgan fingerprint density at radius 1 is 1.18 bits per heavy atom. The van der Waals surface area contributed by atoms with E-state index in [0.29, 0.717) is 12.5 Å². The van der Waals surface area contributed by atoms with E-state index in [0.717, 1.165) is 38.5 Å². The molecule has 0 aromatic carbocycles. The van der Waals surface area contributed by atoms with Crippen LogP contribution in [0.5, 0.6) is 0 Å².